The van der Waals surface area contributed by atoms with Gasteiger partial charge in [-0.25, -0.2) is 14.8 Å². The van der Waals surface area contributed by atoms with Gasteiger partial charge in [-0.15, -0.1) is 11.3 Å². The average Bonchev–Trinajstić information content (AvgIpc) is 3.18. The highest BCUT2D eigenvalue weighted by atomic mass is 32.1. The Hall–Kier alpha value is -3.32. The van der Waals surface area contributed by atoms with Gasteiger partial charge in [-0.05, 0) is 36.9 Å². The number of benzene rings is 2. The molecule has 6 nitrogen and oxygen atoms in total. The number of carbonyl (C=O) groups excluding carboxylic acids is 1. The van der Waals surface area contributed by atoms with Crippen molar-refractivity contribution in [3.63, 3.8) is 0 Å². The zero-order chi connectivity index (χ0) is 20.4. The van der Waals surface area contributed by atoms with Crippen molar-refractivity contribution < 1.29 is 9.90 Å². The Morgan fingerprint density at radius 1 is 1.24 bits per heavy atom. The van der Waals surface area contributed by atoms with Gasteiger partial charge >= 0.3 is 6.03 Å². The highest BCUT2D eigenvalue weighted by molar-refractivity contribution is 7.10. The van der Waals surface area contributed by atoms with E-state index in [1.165, 1.54) is 11.3 Å². The lowest BCUT2D eigenvalue weighted by Crippen LogP contribution is -2.38. The number of nitrogens with one attached hydrogen (secondary N) is 1. The first-order chi connectivity index (χ1) is 14.0. The van der Waals surface area contributed by atoms with Crippen LogP contribution in [0.25, 0.3) is 11.3 Å². The highest BCUT2D eigenvalue weighted by Gasteiger charge is 2.35. The van der Waals surface area contributed by atoms with E-state index in [4.69, 9.17) is 4.98 Å². The summed E-state index contributed by atoms with van der Waals surface area (Å²) in [5, 5.41) is 15.7. The first kappa shape index (κ1) is 19.0. The van der Waals surface area contributed by atoms with E-state index in [0.717, 1.165) is 27.4 Å². The van der Waals surface area contributed by atoms with Gasteiger partial charge in [-0.3, -0.25) is 4.99 Å². The predicted molar refractivity (Wildman–Crippen MR) is 116 cm³/mol. The minimum absolute atomic E-state index is 0.157. The molecular weight excluding hydrogens is 384 g/mol. The SMILES string of the molecule is C=NCc1ccc(-c2csc(C3C(C)=NC(=O)NC3c3cccc(O)c3)n2)cc1. The van der Waals surface area contributed by atoms with Crippen LogP contribution in [-0.2, 0) is 6.54 Å². The lowest BCUT2D eigenvalue weighted by molar-refractivity contribution is 0.243. The smallest absolute Gasteiger partial charge is 0.341 e. The normalized spacial score (nSPS) is 18.8. The number of hydrogen-bond acceptors (Lipinski definition) is 5. The number of rotatable bonds is 5. The van der Waals surface area contributed by atoms with E-state index in [-0.39, 0.29) is 23.7 Å². The van der Waals surface area contributed by atoms with Gasteiger partial charge in [0.15, 0.2) is 0 Å². The summed E-state index contributed by atoms with van der Waals surface area (Å²) in [6, 6.07) is 14.3. The average molecular weight is 404 g/mol. The van der Waals surface area contributed by atoms with Crippen LogP contribution in [0.15, 0.2) is 63.9 Å². The van der Waals surface area contributed by atoms with E-state index >= 15 is 0 Å². The van der Waals surface area contributed by atoms with Crippen molar-refractivity contribution >= 4 is 29.8 Å². The second-order valence-electron chi connectivity index (χ2n) is 6.90. The van der Waals surface area contributed by atoms with Crippen molar-refractivity contribution in [2.45, 2.75) is 25.4 Å². The summed E-state index contributed by atoms with van der Waals surface area (Å²) < 4.78 is 0. The second-order valence-corrected chi connectivity index (χ2v) is 7.79. The Morgan fingerprint density at radius 3 is 2.76 bits per heavy atom. The number of phenols is 1. The van der Waals surface area contributed by atoms with Gasteiger partial charge < -0.3 is 10.4 Å². The Morgan fingerprint density at radius 2 is 2.03 bits per heavy atom. The van der Waals surface area contributed by atoms with Crippen LogP contribution in [0.5, 0.6) is 5.75 Å². The van der Waals surface area contributed by atoms with Crippen LogP contribution >= 0.6 is 11.3 Å². The van der Waals surface area contributed by atoms with Crippen LogP contribution < -0.4 is 5.32 Å². The lowest BCUT2D eigenvalue weighted by Gasteiger charge is -2.30. The van der Waals surface area contributed by atoms with Crippen molar-refractivity contribution in [1.29, 1.82) is 0 Å². The largest absolute Gasteiger partial charge is 0.508 e. The third kappa shape index (κ3) is 3.95. The fourth-order valence-electron chi connectivity index (χ4n) is 3.51. The van der Waals surface area contributed by atoms with Crippen molar-refractivity contribution in [2.75, 3.05) is 0 Å². The molecule has 0 radical (unpaired) electrons. The number of nitrogens with zero attached hydrogens (tertiary/aromatic N) is 3. The van der Waals surface area contributed by atoms with E-state index < -0.39 is 0 Å². The molecule has 7 heteroatoms. The third-order valence-corrected chi connectivity index (χ3v) is 5.83. The van der Waals surface area contributed by atoms with E-state index in [1.807, 2.05) is 42.6 Å². The van der Waals surface area contributed by atoms with Crippen LogP contribution in [0.2, 0.25) is 0 Å². The minimum Gasteiger partial charge on any atom is -0.508 e. The van der Waals surface area contributed by atoms with E-state index in [1.54, 1.807) is 18.2 Å². The molecule has 2 atom stereocenters. The summed E-state index contributed by atoms with van der Waals surface area (Å²) in [7, 11) is 0. The Bertz CT molecular complexity index is 1090. The zero-order valence-corrected chi connectivity index (χ0v) is 16.7. The Balaban J connectivity index is 1.69. The van der Waals surface area contributed by atoms with Gasteiger partial charge in [-0.1, -0.05) is 36.4 Å². The molecule has 0 fully saturated rings. The molecular formula is C22H20N4O2S. The number of hydrogen-bond donors (Lipinski definition) is 2. The van der Waals surface area contributed by atoms with Crippen molar-refractivity contribution in [2.24, 2.45) is 9.98 Å². The molecule has 1 aliphatic heterocycles. The molecule has 2 aromatic carbocycles. The summed E-state index contributed by atoms with van der Waals surface area (Å²) >= 11 is 1.54. The molecule has 3 aromatic rings. The molecule has 146 valence electrons. The molecule has 0 spiro atoms. The number of aliphatic imine (C=N–C) groups is 2. The van der Waals surface area contributed by atoms with Crippen molar-refractivity contribution in [3.8, 4) is 17.0 Å². The molecule has 0 saturated heterocycles. The summed E-state index contributed by atoms with van der Waals surface area (Å²) in [6.07, 6.45) is 0. The lowest BCUT2D eigenvalue weighted by atomic mass is 9.88. The molecule has 2 heterocycles. The number of urea groups is 1. The third-order valence-electron chi connectivity index (χ3n) is 4.90. The van der Waals surface area contributed by atoms with Crippen LogP contribution in [0, 0.1) is 0 Å². The summed E-state index contributed by atoms with van der Waals surface area (Å²) in [5.41, 5.74) is 4.51. The summed E-state index contributed by atoms with van der Waals surface area (Å²) in [6.45, 7) is 5.96. The van der Waals surface area contributed by atoms with E-state index in [0.29, 0.717) is 12.3 Å². The Kier molecular flexibility index (Phi) is 5.22. The fourth-order valence-corrected chi connectivity index (χ4v) is 4.53. The van der Waals surface area contributed by atoms with E-state index in [9.17, 15) is 9.90 Å². The standard InChI is InChI=1S/C22H20N4O2S/c1-13-19(20(26-22(28)24-13)16-4-3-5-17(27)10-16)21-25-18(12-29-21)15-8-6-14(7-9-15)11-23-2/h3-10,12,19-20,27H,2,11H2,1H3,(H,26,28). The maximum Gasteiger partial charge on any atom is 0.341 e. The molecule has 2 N–H and O–H groups in total. The van der Waals surface area contributed by atoms with Gasteiger partial charge in [0, 0.05) is 16.7 Å². The molecule has 2 unspecified atom stereocenters. The van der Waals surface area contributed by atoms with Crippen molar-refractivity contribution in [1.82, 2.24) is 10.3 Å². The van der Waals surface area contributed by atoms with Gasteiger partial charge in [0.25, 0.3) is 0 Å². The Labute approximate surface area is 172 Å². The summed E-state index contributed by atoms with van der Waals surface area (Å²) in [4.78, 5) is 24.9. The second kappa shape index (κ2) is 7.97. The molecule has 0 saturated carbocycles. The number of thiazole rings is 1. The predicted octanol–water partition coefficient (Wildman–Crippen LogP) is 4.73. The summed E-state index contributed by atoms with van der Waals surface area (Å²) in [5.74, 6) is -0.0397. The fraction of sp³-hybridized carbons (Fsp3) is 0.182. The number of phenolic OH excluding ortho intramolecular Hbond substituents is 1. The van der Waals surface area contributed by atoms with Crippen LogP contribution in [-0.4, -0.2) is 28.6 Å². The van der Waals surface area contributed by atoms with Crippen LogP contribution in [0.3, 0.4) is 0 Å². The zero-order valence-electron chi connectivity index (χ0n) is 15.9. The number of carbonyl (C=O) groups is 1. The van der Waals surface area contributed by atoms with Gasteiger partial charge in [-0.2, -0.15) is 0 Å². The first-order valence-corrected chi connectivity index (χ1v) is 10.0. The molecule has 4 rings (SSSR count). The number of aromatic hydroxyl groups is 1. The maximum atomic E-state index is 12.0. The minimum atomic E-state index is -0.379. The quantitative estimate of drug-likeness (QED) is 0.603. The molecule has 1 aromatic heterocycles. The molecule has 29 heavy (non-hydrogen) atoms. The maximum absolute atomic E-state index is 12.0. The highest BCUT2D eigenvalue weighted by Crippen LogP contribution is 2.38. The van der Waals surface area contributed by atoms with Crippen LogP contribution in [0.1, 0.15) is 35.0 Å². The molecule has 0 bridgehead atoms. The van der Waals surface area contributed by atoms with Gasteiger partial charge in [0.1, 0.15) is 10.8 Å². The van der Waals surface area contributed by atoms with E-state index in [2.05, 4.69) is 22.0 Å². The molecule has 1 aliphatic rings. The number of aromatic nitrogens is 1. The monoisotopic (exact) mass is 404 g/mol. The van der Waals surface area contributed by atoms with Gasteiger partial charge in [0.2, 0.25) is 0 Å². The first-order valence-electron chi connectivity index (χ1n) is 9.17. The van der Waals surface area contributed by atoms with Crippen LogP contribution in [0.4, 0.5) is 4.79 Å². The molecule has 2 amide bonds. The molecule has 0 aliphatic carbocycles. The number of amides is 2. The topological polar surface area (TPSA) is 86.9 Å². The van der Waals surface area contributed by atoms with Crippen molar-refractivity contribution in [3.05, 3.63) is 70.0 Å². The van der Waals surface area contributed by atoms with Gasteiger partial charge in [0.05, 0.1) is 24.2 Å².